The third-order valence-corrected chi connectivity index (χ3v) is 11.1. The fourth-order valence-electron chi connectivity index (χ4n) is 5.28. The summed E-state index contributed by atoms with van der Waals surface area (Å²) in [5.41, 5.74) is 1.96. The Hall–Kier alpha value is -2.62. The van der Waals surface area contributed by atoms with E-state index >= 15 is 0 Å². The van der Waals surface area contributed by atoms with Crippen LogP contribution in [0.25, 0.3) is 6.08 Å². The number of carbonyl (C=O) groups excluding carboxylic acids is 1. The number of hydrogen-bond donors (Lipinski definition) is 0. The van der Waals surface area contributed by atoms with E-state index in [0.717, 1.165) is 67.6 Å². The quantitative estimate of drug-likeness (QED) is 0.0979. The van der Waals surface area contributed by atoms with Crippen LogP contribution >= 0.6 is 22.9 Å². The lowest BCUT2D eigenvalue weighted by Gasteiger charge is -2.25. The highest BCUT2D eigenvalue weighted by molar-refractivity contribution is 7.93. The number of alkyl halides is 3. The summed E-state index contributed by atoms with van der Waals surface area (Å²) >= 11 is 7.05. The molecule has 1 heterocycles. The molecule has 4 nitrogen and oxygen atoms in total. The van der Waals surface area contributed by atoms with Gasteiger partial charge < -0.3 is 4.74 Å². The number of ether oxygens (including phenoxy) is 1. The molecule has 4 rings (SSSR count). The van der Waals surface area contributed by atoms with Crippen molar-refractivity contribution in [3.05, 3.63) is 87.3 Å². The molecular weight excluding hydrogens is 593 g/mol. The van der Waals surface area contributed by atoms with Crippen molar-refractivity contribution >= 4 is 44.8 Å². The Morgan fingerprint density at radius 3 is 2.46 bits per heavy atom. The lowest BCUT2D eigenvalue weighted by Crippen LogP contribution is -2.20. The van der Waals surface area contributed by atoms with E-state index in [4.69, 9.17) is 16.3 Å². The van der Waals surface area contributed by atoms with Crippen LogP contribution in [-0.4, -0.2) is 20.1 Å². The first-order valence-electron chi connectivity index (χ1n) is 13.6. The summed E-state index contributed by atoms with van der Waals surface area (Å²) in [6.45, 7) is 2.15. The molecule has 0 N–H and O–H groups in total. The third kappa shape index (κ3) is 8.69. The Morgan fingerprint density at radius 2 is 1.80 bits per heavy atom. The third-order valence-electron chi connectivity index (χ3n) is 7.52. The predicted octanol–water partition coefficient (Wildman–Crippen LogP) is 8.81. The summed E-state index contributed by atoms with van der Waals surface area (Å²) < 4.78 is 70.3. The molecule has 0 saturated carbocycles. The SMILES string of the molecule is CCCCC1Cc2ccc(OC(=O)C=Cc3ccc(C(F)(F)F)cc3)cc2CCC1CCS(=O)(=O)c1ccc(Cl)s1. The zero-order valence-electron chi connectivity index (χ0n) is 22.6. The number of halogens is 4. The first kappa shape index (κ1) is 31.3. The summed E-state index contributed by atoms with van der Waals surface area (Å²) in [5, 5.41) is 0. The van der Waals surface area contributed by atoms with Crippen LogP contribution in [0.15, 0.2) is 64.9 Å². The monoisotopic (exact) mass is 624 g/mol. The maximum atomic E-state index is 12.9. The molecule has 0 fully saturated rings. The second kappa shape index (κ2) is 13.6. The van der Waals surface area contributed by atoms with Crippen molar-refractivity contribution in [2.45, 2.75) is 62.3 Å². The van der Waals surface area contributed by atoms with Gasteiger partial charge in [0, 0.05) is 6.08 Å². The molecule has 1 aromatic heterocycles. The van der Waals surface area contributed by atoms with Gasteiger partial charge in [0.15, 0.2) is 9.84 Å². The van der Waals surface area contributed by atoms with Crippen molar-refractivity contribution in [1.82, 2.24) is 0 Å². The van der Waals surface area contributed by atoms with Gasteiger partial charge in [0.2, 0.25) is 0 Å². The predicted molar refractivity (Wildman–Crippen MR) is 157 cm³/mol. The standard InChI is InChI=1S/C31H32ClF3O4S2/c1-2-3-4-23-19-24-10-13-27(39-29(36)15-7-21-5-11-26(12-6-21)31(33,34)35)20-25(24)9-8-22(23)17-18-41(37,38)30-16-14-28(32)40-30/h5-7,10-16,20,22-23H,2-4,8-9,17-19H2,1H3. The molecule has 0 saturated heterocycles. The largest absolute Gasteiger partial charge is 0.423 e. The minimum Gasteiger partial charge on any atom is -0.423 e. The number of carbonyl (C=O) groups is 1. The van der Waals surface area contributed by atoms with Crippen molar-refractivity contribution in [2.24, 2.45) is 11.8 Å². The molecule has 2 atom stereocenters. The lowest BCUT2D eigenvalue weighted by molar-refractivity contribution is -0.137. The number of thiophene rings is 1. The Morgan fingerprint density at radius 1 is 1.05 bits per heavy atom. The summed E-state index contributed by atoms with van der Waals surface area (Å²) in [5.74, 6) is 0.458. The number of esters is 1. The zero-order valence-corrected chi connectivity index (χ0v) is 25.0. The number of rotatable bonds is 10. The van der Waals surface area contributed by atoms with E-state index in [0.29, 0.717) is 32.2 Å². The van der Waals surface area contributed by atoms with Gasteiger partial charge in [-0.3, -0.25) is 0 Å². The number of unbranched alkanes of at least 4 members (excludes halogenated alkanes) is 1. The molecule has 1 aliphatic carbocycles. The Balaban J connectivity index is 1.41. The number of sulfone groups is 1. The molecular formula is C31H32ClF3O4S2. The number of aryl methyl sites for hydroxylation is 1. The van der Waals surface area contributed by atoms with Gasteiger partial charge in [0.05, 0.1) is 15.7 Å². The summed E-state index contributed by atoms with van der Waals surface area (Å²) in [4.78, 5) is 12.4. The number of fused-ring (bicyclic) bond motifs is 1. The van der Waals surface area contributed by atoms with E-state index in [-0.39, 0.29) is 11.7 Å². The highest BCUT2D eigenvalue weighted by Gasteiger charge is 2.30. The van der Waals surface area contributed by atoms with Gasteiger partial charge in [0.25, 0.3) is 0 Å². The van der Waals surface area contributed by atoms with Crippen molar-refractivity contribution in [2.75, 3.05) is 5.75 Å². The van der Waals surface area contributed by atoms with Crippen LogP contribution in [0.3, 0.4) is 0 Å². The van der Waals surface area contributed by atoms with Gasteiger partial charge in [-0.2, -0.15) is 13.2 Å². The molecule has 10 heteroatoms. The van der Waals surface area contributed by atoms with Crippen molar-refractivity contribution in [3.63, 3.8) is 0 Å². The highest BCUT2D eigenvalue weighted by atomic mass is 35.5. The molecule has 0 aliphatic heterocycles. The maximum absolute atomic E-state index is 12.9. The van der Waals surface area contributed by atoms with Gasteiger partial charge in [-0.15, -0.1) is 11.3 Å². The summed E-state index contributed by atoms with van der Waals surface area (Å²) in [7, 11) is -3.40. The fourth-order valence-corrected chi connectivity index (χ4v) is 8.31. The molecule has 3 aromatic rings. The van der Waals surface area contributed by atoms with Crippen LogP contribution in [0.1, 0.15) is 61.3 Å². The van der Waals surface area contributed by atoms with Crippen molar-refractivity contribution in [3.8, 4) is 5.75 Å². The Bertz CT molecular complexity index is 1480. The van der Waals surface area contributed by atoms with Crippen molar-refractivity contribution < 1.29 is 31.1 Å². The van der Waals surface area contributed by atoms with Gasteiger partial charge in [-0.05, 0) is 103 Å². The van der Waals surface area contributed by atoms with E-state index in [2.05, 4.69) is 6.92 Å². The van der Waals surface area contributed by atoms with Crippen LogP contribution in [0.4, 0.5) is 13.2 Å². The second-order valence-corrected chi connectivity index (χ2v) is 14.4. The van der Waals surface area contributed by atoms with Gasteiger partial charge in [-0.1, -0.05) is 49.6 Å². The van der Waals surface area contributed by atoms with E-state index in [1.165, 1.54) is 29.8 Å². The zero-order chi connectivity index (χ0) is 29.6. The van der Waals surface area contributed by atoms with E-state index in [1.54, 1.807) is 18.2 Å². The van der Waals surface area contributed by atoms with Crippen LogP contribution in [0.2, 0.25) is 4.34 Å². The highest BCUT2D eigenvalue weighted by Crippen LogP contribution is 2.37. The Kier molecular flexibility index (Phi) is 10.4. The van der Waals surface area contributed by atoms with Crippen LogP contribution in [0.5, 0.6) is 5.75 Å². The average molecular weight is 625 g/mol. The molecule has 41 heavy (non-hydrogen) atoms. The average Bonchev–Trinajstić information content (AvgIpc) is 3.30. The normalized spacial score (nSPS) is 17.8. The fraction of sp³-hybridized carbons (Fsp3) is 0.387. The van der Waals surface area contributed by atoms with Crippen molar-refractivity contribution in [1.29, 1.82) is 0 Å². The molecule has 220 valence electrons. The van der Waals surface area contributed by atoms with E-state index in [1.807, 2.05) is 12.1 Å². The molecule has 1 aliphatic rings. The molecule has 2 aromatic carbocycles. The van der Waals surface area contributed by atoms with Crippen LogP contribution in [0, 0.1) is 11.8 Å². The van der Waals surface area contributed by atoms with Gasteiger partial charge in [0.1, 0.15) is 9.96 Å². The smallest absolute Gasteiger partial charge is 0.416 e. The first-order valence-corrected chi connectivity index (χ1v) is 16.5. The summed E-state index contributed by atoms with van der Waals surface area (Å²) in [6.07, 6.45) is 4.36. The molecule has 2 unspecified atom stereocenters. The van der Waals surface area contributed by atoms with Crippen LogP contribution in [-0.2, 0) is 33.6 Å². The lowest BCUT2D eigenvalue weighted by atomic mass is 9.82. The molecule has 0 radical (unpaired) electrons. The number of benzene rings is 2. The topological polar surface area (TPSA) is 60.4 Å². The van der Waals surface area contributed by atoms with Gasteiger partial charge >= 0.3 is 12.1 Å². The Labute approximate surface area is 248 Å². The second-order valence-electron chi connectivity index (χ2n) is 10.4. The first-order chi connectivity index (χ1) is 19.4. The number of hydrogen-bond acceptors (Lipinski definition) is 5. The molecule has 0 bridgehead atoms. The maximum Gasteiger partial charge on any atom is 0.416 e. The summed E-state index contributed by atoms with van der Waals surface area (Å²) in [6, 6.07) is 13.3. The van der Waals surface area contributed by atoms with E-state index < -0.39 is 27.5 Å². The van der Waals surface area contributed by atoms with Gasteiger partial charge in [-0.25, -0.2) is 13.2 Å². The van der Waals surface area contributed by atoms with E-state index in [9.17, 15) is 26.4 Å². The molecule has 0 spiro atoms. The molecule has 0 amide bonds. The van der Waals surface area contributed by atoms with Crippen LogP contribution < -0.4 is 4.74 Å². The minimum atomic E-state index is -4.42. The minimum absolute atomic E-state index is 0.0849.